The Hall–Kier alpha value is -1.32. The van der Waals surface area contributed by atoms with Crippen molar-refractivity contribution in [1.29, 1.82) is 0 Å². The second-order valence-electron chi connectivity index (χ2n) is 3.20. The summed E-state index contributed by atoms with van der Waals surface area (Å²) < 4.78 is 9.02. The zero-order valence-electron chi connectivity index (χ0n) is 9.21. The van der Waals surface area contributed by atoms with E-state index >= 15 is 0 Å². The van der Waals surface area contributed by atoms with Gasteiger partial charge in [-0.3, -0.25) is 0 Å². The van der Waals surface area contributed by atoms with Crippen molar-refractivity contribution in [3.05, 3.63) is 11.1 Å². The maximum Gasteiger partial charge on any atom is 0.345 e. The van der Waals surface area contributed by atoms with E-state index in [0.29, 0.717) is 5.57 Å². The number of allylic oxidation sites excluding steroid dienone is 1. The maximum absolute atomic E-state index is 11.3. The molecule has 4 nitrogen and oxygen atoms in total. The van der Waals surface area contributed by atoms with Crippen LogP contribution >= 0.6 is 0 Å². The van der Waals surface area contributed by atoms with E-state index in [1.165, 1.54) is 14.2 Å². The summed E-state index contributed by atoms with van der Waals surface area (Å²) >= 11 is 0. The molecule has 0 bridgehead atoms. The average Bonchev–Trinajstić information content (AvgIpc) is 2.16. The molecule has 0 radical (unpaired) electrons. The van der Waals surface area contributed by atoms with Crippen LogP contribution in [0.5, 0.6) is 0 Å². The third kappa shape index (κ3) is 2.87. The Bertz CT molecular complexity index is 245. The summed E-state index contributed by atoms with van der Waals surface area (Å²) in [7, 11) is 2.47. The molecule has 0 rings (SSSR count). The highest BCUT2D eigenvalue weighted by Gasteiger charge is 2.23. The first-order valence-electron chi connectivity index (χ1n) is 4.33. The standard InChI is InChI=1S/C10H16O4/c1-6(2)7(3)8(9(11)13-4)10(12)14-5/h6H,1-5H3. The van der Waals surface area contributed by atoms with Crippen LogP contribution in [0.1, 0.15) is 20.8 Å². The monoisotopic (exact) mass is 200 g/mol. The molecule has 0 N–H and O–H groups in total. The topological polar surface area (TPSA) is 52.6 Å². The zero-order chi connectivity index (χ0) is 11.3. The molecule has 0 heterocycles. The predicted octanol–water partition coefficient (Wildman–Crippen LogP) is 1.30. The molecule has 0 saturated heterocycles. The van der Waals surface area contributed by atoms with Gasteiger partial charge < -0.3 is 9.47 Å². The number of rotatable bonds is 3. The molecule has 0 aromatic heterocycles. The molecule has 14 heavy (non-hydrogen) atoms. The van der Waals surface area contributed by atoms with Gasteiger partial charge in [0, 0.05) is 0 Å². The van der Waals surface area contributed by atoms with Crippen LogP contribution in [0.25, 0.3) is 0 Å². The third-order valence-corrected chi connectivity index (χ3v) is 2.04. The molecule has 80 valence electrons. The van der Waals surface area contributed by atoms with Gasteiger partial charge in [-0.25, -0.2) is 9.59 Å². The quantitative estimate of drug-likeness (QED) is 0.298. The number of ether oxygens (including phenoxy) is 2. The molecule has 0 fully saturated rings. The van der Waals surface area contributed by atoms with Crippen molar-refractivity contribution < 1.29 is 19.1 Å². The van der Waals surface area contributed by atoms with E-state index in [0.717, 1.165) is 0 Å². The highest BCUT2D eigenvalue weighted by atomic mass is 16.5. The first kappa shape index (κ1) is 12.7. The Morgan fingerprint density at radius 3 is 1.57 bits per heavy atom. The van der Waals surface area contributed by atoms with Gasteiger partial charge in [-0.15, -0.1) is 0 Å². The number of methoxy groups -OCH3 is 2. The highest BCUT2D eigenvalue weighted by molar-refractivity contribution is 6.14. The van der Waals surface area contributed by atoms with E-state index in [1.807, 2.05) is 13.8 Å². The minimum atomic E-state index is -0.650. The molecular weight excluding hydrogens is 184 g/mol. The van der Waals surface area contributed by atoms with E-state index in [1.54, 1.807) is 6.92 Å². The van der Waals surface area contributed by atoms with Crippen molar-refractivity contribution in [1.82, 2.24) is 0 Å². The van der Waals surface area contributed by atoms with Crippen LogP contribution in [-0.4, -0.2) is 26.2 Å². The van der Waals surface area contributed by atoms with Crippen LogP contribution in [-0.2, 0) is 19.1 Å². The molecule has 0 spiro atoms. The van der Waals surface area contributed by atoms with Gasteiger partial charge in [0.2, 0.25) is 0 Å². The summed E-state index contributed by atoms with van der Waals surface area (Å²) in [4.78, 5) is 22.6. The molecule has 0 aromatic carbocycles. The number of carbonyl (C=O) groups excluding carboxylic acids is 2. The summed E-state index contributed by atoms with van der Waals surface area (Å²) in [6.45, 7) is 5.50. The molecule has 4 heteroatoms. The zero-order valence-corrected chi connectivity index (χ0v) is 9.21. The van der Waals surface area contributed by atoms with Crippen molar-refractivity contribution in [2.45, 2.75) is 20.8 Å². The van der Waals surface area contributed by atoms with Crippen molar-refractivity contribution in [3.8, 4) is 0 Å². The van der Waals surface area contributed by atoms with Gasteiger partial charge >= 0.3 is 11.9 Å². The lowest BCUT2D eigenvalue weighted by atomic mass is 9.99. The SMILES string of the molecule is COC(=O)C(C(=O)OC)=C(C)C(C)C. The fourth-order valence-electron chi connectivity index (χ4n) is 0.898. The normalized spacial score (nSPS) is 9.57. The first-order chi connectivity index (χ1) is 6.45. The van der Waals surface area contributed by atoms with Gasteiger partial charge in [0.1, 0.15) is 5.57 Å². The van der Waals surface area contributed by atoms with Gasteiger partial charge in [0.15, 0.2) is 0 Å². The second-order valence-corrected chi connectivity index (χ2v) is 3.20. The van der Waals surface area contributed by atoms with E-state index in [2.05, 4.69) is 9.47 Å². The third-order valence-electron chi connectivity index (χ3n) is 2.04. The molecule has 0 amide bonds. The molecular formula is C10H16O4. The number of hydrogen-bond acceptors (Lipinski definition) is 4. The minimum absolute atomic E-state index is 0.00926. The summed E-state index contributed by atoms with van der Waals surface area (Å²) in [5, 5.41) is 0. The molecule has 0 aliphatic carbocycles. The summed E-state index contributed by atoms with van der Waals surface area (Å²) in [6, 6.07) is 0. The number of esters is 2. The van der Waals surface area contributed by atoms with Gasteiger partial charge in [0.05, 0.1) is 14.2 Å². The van der Waals surface area contributed by atoms with Gasteiger partial charge in [-0.05, 0) is 18.4 Å². The fourth-order valence-corrected chi connectivity index (χ4v) is 0.898. The van der Waals surface area contributed by atoms with Crippen molar-refractivity contribution in [2.75, 3.05) is 14.2 Å². The molecule has 0 aromatic rings. The summed E-state index contributed by atoms with van der Waals surface area (Å²) in [5.41, 5.74) is 0.661. The lowest BCUT2D eigenvalue weighted by Gasteiger charge is -2.10. The Labute approximate surface area is 83.9 Å². The Kier molecular flexibility index (Phi) is 4.91. The Morgan fingerprint density at radius 1 is 1.00 bits per heavy atom. The molecule has 0 saturated carbocycles. The Balaban J connectivity index is 5.19. The predicted molar refractivity (Wildman–Crippen MR) is 51.6 cm³/mol. The first-order valence-corrected chi connectivity index (χ1v) is 4.33. The van der Waals surface area contributed by atoms with E-state index in [4.69, 9.17) is 0 Å². The van der Waals surface area contributed by atoms with Crippen LogP contribution < -0.4 is 0 Å². The van der Waals surface area contributed by atoms with Crippen LogP contribution in [0.3, 0.4) is 0 Å². The average molecular weight is 200 g/mol. The largest absolute Gasteiger partial charge is 0.465 e. The summed E-state index contributed by atoms with van der Waals surface area (Å²) in [6.07, 6.45) is 0. The van der Waals surface area contributed by atoms with Crippen molar-refractivity contribution in [2.24, 2.45) is 5.92 Å². The minimum Gasteiger partial charge on any atom is -0.465 e. The van der Waals surface area contributed by atoms with E-state index in [9.17, 15) is 9.59 Å². The summed E-state index contributed by atoms with van der Waals surface area (Å²) in [5.74, 6) is -1.20. The Morgan fingerprint density at radius 2 is 1.36 bits per heavy atom. The number of hydrogen-bond donors (Lipinski definition) is 0. The van der Waals surface area contributed by atoms with Crippen molar-refractivity contribution >= 4 is 11.9 Å². The van der Waals surface area contributed by atoms with Crippen LogP contribution in [0.4, 0.5) is 0 Å². The maximum atomic E-state index is 11.3. The highest BCUT2D eigenvalue weighted by Crippen LogP contribution is 2.16. The van der Waals surface area contributed by atoms with Crippen LogP contribution in [0.2, 0.25) is 0 Å². The van der Waals surface area contributed by atoms with E-state index in [-0.39, 0.29) is 11.5 Å². The molecule has 0 atom stereocenters. The molecule has 0 unspecified atom stereocenters. The van der Waals surface area contributed by atoms with E-state index < -0.39 is 11.9 Å². The molecule has 0 aliphatic heterocycles. The fraction of sp³-hybridized carbons (Fsp3) is 0.600. The van der Waals surface area contributed by atoms with Gasteiger partial charge in [-0.2, -0.15) is 0 Å². The van der Waals surface area contributed by atoms with Crippen molar-refractivity contribution in [3.63, 3.8) is 0 Å². The molecule has 0 aliphatic rings. The van der Waals surface area contributed by atoms with Crippen LogP contribution in [0, 0.1) is 5.92 Å². The van der Waals surface area contributed by atoms with Crippen LogP contribution in [0.15, 0.2) is 11.1 Å². The smallest absolute Gasteiger partial charge is 0.345 e. The lowest BCUT2D eigenvalue weighted by molar-refractivity contribution is -0.144. The second kappa shape index (κ2) is 5.42. The van der Waals surface area contributed by atoms with Gasteiger partial charge in [0.25, 0.3) is 0 Å². The van der Waals surface area contributed by atoms with Gasteiger partial charge in [-0.1, -0.05) is 13.8 Å². The lowest BCUT2D eigenvalue weighted by Crippen LogP contribution is -2.19. The number of carbonyl (C=O) groups is 2.